The van der Waals surface area contributed by atoms with Gasteiger partial charge in [-0.05, 0) is 60.4 Å². The third-order valence-corrected chi connectivity index (χ3v) is 6.47. The summed E-state index contributed by atoms with van der Waals surface area (Å²) in [6, 6.07) is 28.6. The minimum atomic E-state index is -0.908. The molecule has 1 atom stereocenters. The highest BCUT2D eigenvalue weighted by molar-refractivity contribution is 5.92. The average molecular weight is 504 g/mol. The molecule has 0 aliphatic carbocycles. The van der Waals surface area contributed by atoms with E-state index in [0.717, 1.165) is 44.9 Å². The van der Waals surface area contributed by atoms with Gasteiger partial charge in [0.25, 0.3) is 0 Å². The number of anilines is 2. The number of aliphatic carboxylic acids is 1. The van der Waals surface area contributed by atoms with Crippen molar-refractivity contribution in [2.75, 3.05) is 10.6 Å². The molecule has 0 aliphatic heterocycles. The number of nitrogens with one attached hydrogen (secondary N) is 3. The van der Waals surface area contributed by atoms with Gasteiger partial charge >= 0.3 is 5.97 Å². The predicted molar refractivity (Wildman–Crippen MR) is 153 cm³/mol. The van der Waals surface area contributed by atoms with E-state index < -0.39 is 5.97 Å². The zero-order chi connectivity index (χ0) is 26.5. The first-order valence-electron chi connectivity index (χ1n) is 12.5. The summed E-state index contributed by atoms with van der Waals surface area (Å²) >= 11 is 0. The lowest BCUT2D eigenvalue weighted by Crippen LogP contribution is -2.08. The lowest BCUT2D eigenvalue weighted by molar-refractivity contribution is -0.132. The number of H-pyrrole nitrogens is 1. The molecule has 0 saturated heterocycles. The van der Waals surface area contributed by atoms with Gasteiger partial charge in [-0.3, -0.25) is 0 Å². The number of hydrogen-bond donors (Lipinski definition) is 4. The standard InChI is InChI=1S/C31H29N5O2/c1-20(31(37)38)16-22-8-10-23(11-9-22)18-32-26-14-12-25(13-15-26)28-17-27-29(33-19-34-30(27)36-28)35-21(2)24-6-4-3-5-7-24/h3-17,19,21,32H,18H2,1-2H3,(H,37,38)(H2,33,34,35,36). The van der Waals surface area contributed by atoms with Gasteiger partial charge in [-0.15, -0.1) is 0 Å². The van der Waals surface area contributed by atoms with Crippen molar-refractivity contribution in [2.45, 2.75) is 26.4 Å². The lowest BCUT2D eigenvalue weighted by Gasteiger charge is -2.15. The number of carbonyl (C=O) groups is 1. The van der Waals surface area contributed by atoms with Gasteiger partial charge in [0, 0.05) is 29.5 Å². The van der Waals surface area contributed by atoms with Crippen molar-refractivity contribution in [2.24, 2.45) is 0 Å². The summed E-state index contributed by atoms with van der Waals surface area (Å²) < 4.78 is 0. The van der Waals surface area contributed by atoms with Gasteiger partial charge in [-0.2, -0.15) is 0 Å². The third kappa shape index (κ3) is 5.73. The number of aromatic nitrogens is 3. The number of fused-ring (bicyclic) bond motifs is 1. The number of hydrogen-bond acceptors (Lipinski definition) is 5. The first kappa shape index (κ1) is 24.8. The second-order valence-corrected chi connectivity index (χ2v) is 9.25. The third-order valence-electron chi connectivity index (χ3n) is 6.47. The van der Waals surface area contributed by atoms with Crippen LogP contribution in [0.15, 0.2) is 96.8 Å². The van der Waals surface area contributed by atoms with Gasteiger partial charge in [0.1, 0.15) is 17.8 Å². The summed E-state index contributed by atoms with van der Waals surface area (Å²) in [7, 11) is 0. The second kappa shape index (κ2) is 11.0. The lowest BCUT2D eigenvalue weighted by atomic mass is 10.1. The molecule has 7 heteroatoms. The molecule has 3 aromatic carbocycles. The molecule has 190 valence electrons. The van der Waals surface area contributed by atoms with Crippen LogP contribution < -0.4 is 10.6 Å². The molecule has 0 spiro atoms. The fraction of sp³-hybridized carbons (Fsp3) is 0.129. The molecule has 1 unspecified atom stereocenters. The van der Waals surface area contributed by atoms with Crippen molar-refractivity contribution in [3.8, 4) is 11.3 Å². The van der Waals surface area contributed by atoms with E-state index >= 15 is 0 Å². The predicted octanol–water partition coefficient (Wildman–Crippen LogP) is 6.90. The van der Waals surface area contributed by atoms with Crippen LogP contribution in [0.25, 0.3) is 28.4 Å². The van der Waals surface area contributed by atoms with Crippen LogP contribution in [0.3, 0.4) is 0 Å². The van der Waals surface area contributed by atoms with E-state index in [9.17, 15) is 4.79 Å². The molecular weight excluding hydrogens is 474 g/mol. The maximum absolute atomic E-state index is 11.0. The summed E-state index contributed by atoms with van der Waals surface area (Å²) in [6.07, 6.45) is 3.24. The monoisotopic (exact) mass is 503 g/mol. The normalized spacial score (nSPS) is 12.3. The van der Waals surface area contributed by atoms with Crippen LogP contribution >= 0.6 is 0 Å². The topological polar surface area (TPSA) is 103 Å². The van der Waals surface area contributed by atoms with Crippen molar-refractivity contribution in [1.82, 2.24) is 15.0 Å². The molecular formula is C31H29N5O2. The number of benzene rings is 3. The van der Waals surface area contributed by atoms with Gasteiger partial charge in [-0.1, -0.05) is 66.7 Å². The number of nitrogens with zero attached hydrogens (tertiary/aromatic N) is 2. The highest BCUT2D eigenvalue weighted by Crippen LogP contribution is 2.29. The summed E-state index contributed by atoms with van der Waals surface area (Å²) in [5, 5.41) is 16.9. The first-order valence-corrected chi connectivity index (χ1v) is 12.5. The van der Waals surface area contributed by atoms with Crippen LogP contribution in [0.4, 0.5) is 11.5 Å². The van der Waals surface area contributed by atoms with Gasteiger partial charge in [0.05, 0.1) is 5.39 Å². The molecule has 5 aromatic rings. The molecule has 0 bridgehead atoms. The van der Waals surface area contributed by atoms with E-state index in [2.05, 4.69) is 75.0 Å². The van der Waals surface area contributed by atoms with Crippen molar-refractivity contribution in [1.29, 1.82) is 0 Å². The Bertz CT molecular complexity index is 1570. The summed E-state index contributed by atoms with van der Waals surface area (Å²) in [4.78, 5) is 23.3. The molecule has 0 radical (unpaired) electrons. The van der Waals surface area contributed by atoms with Gasteiger partial charge < -0.3 is 20.7 Å². The van der Waals surface area contributed by atoms with E-state index in [-0.39, 0.29) is 6.04 Å². The molecule has 5 rings (SSSR count). The summed E-state index contributed by atoms with van der Waals surface area (Å²) in [5.74, 6) is -0.110. The number of carboxylic acid groups (broad SMARTS) is 1. The molecule has 0 aliphatic rings. The maximum atomic E-state index is 11.0. The molecule has 0 fully saturated rings. The highest BCUT2D eigenvalue weighted by Gasteiger charge is 2.12. The van der Waals surface area contributed by atoms with E-state index in [1.807, 2.05) is 42.5 Å². The Kier molecular flexibility index (Phi) is 7.17. The number of aromatic amines is 1. The van der Waals surface area contributed by atoms with Crippen LogP contribution in [0, 0.1) is 0 Å². The van der Waals surface area contributed by atoms with Crippen molar-refractivity contribution < 1.29 is 9.90 Å². The van der Waals surface area contributed by atoms with Crippen LogP contribution in [0.2, 0.25) is 0 Å². The van der Waals surface area contributed by atoms with E-state index in [4.69, 9.17) is 5.11 Å². The fourth-order valence-corrected chi connectivity index (χ4v) is 4.26. The molecule has 7 nitrogen and oxygen atoms in total. The molecule has 4 N–H and O–H groups in total. The van der Waals surface area contributed by atoms with Crippen LogP contribution in [0.1, 0.15) is 36.6 Å². The Morgan fingerprint density at radius 1 is 1.00 bits per heavy atom. The highest BCUT2D eigenvalue weighted by atomic mass is 16.4. The van der Waals surface area contributed by atoms with Crippen LogP contribution in [-0.2, 0) is 11.3 Å². The Hall–Kier alpha value is -4.91. The molecule has 2 aromatic heterocycles. The Morgan fingerprint density at radius 2 is 1.74 bits per heavy atom. The van der Waals surface area contributed by atoms with Gasteiger partial charge in [0.2, 0.25) is 0 Å². The van der Waals surface area contributed by atoms with E-state index in [1.54, 1.807) is 19.3 Å². The van der Waals surface area contributed by atoms with Crippen molar-refractivity contribution in [3.05, 3.63) is 114 Å². The molecule has 0 saturated carbocycles. The smallest absolute Gasteiger partial charge is 0.331 e. The van der Waals surface area contributed by atoms with Crippen molar-refractivity contribution >= 4 is 34.6 Å². The second-order valence-electron chi connectivity index (χ2n) is 9.25. The Balaban J connectivity index is 1.25. The number of carboxylic acids is 1. The Morgan fingerprint density at radius 3 is 2.45 bits per heavy atom. The zero-order valence-corrected chi connectivity index (χ0v) is 21.3. The SMILES string of the molecule is CC(=Cc1ccc(CNc2ccc(-c3cc4c(NC(C)c5ccccc5)ncnc4[nH]3)cc2)cc1)C(=O)O. The van der Waals surface area contributed by atoms with Crippen LogP contribution in [0.5, 0.6) is 0 Å². The Labute approximate surface area is 221 Å². The summed E-state index contributed by atoms with van der Waals surface area (Å²) in [5.41, 5.74) is 7.31. The first-order chi connectivity index (χ1) is 18.5. The zero-order valence-electron chi connectivity index (χ0n) is 21.3. The average Bonchev–Trinajstić information content (AvgIpc) is 3.39. The van der Waals surface area contributed by atoms with Gasteiger partial charge in [-0.25, -0.2) is 14.8 Å². The van der Waals surface area contributed by atoms with E-state index in [1.165, 1.54) is 5.56 Å². The van der Waals surface area contributed by atoms with Gasteiger partial charge in [0.15, 0.2) is 0 Å². The van der Waals surface area contributed by atoms with Crippen molar-refractivity contribution in [3.63, 3.8) is 0 Å². The van der Waals surface area contributed by atoms with E-state index in [0.29, 0.717) is 12.1 Å². The molecule has 38 heavy (non-hydrogen) atoms. The maximum Gasteiger partial charge on any atom is 0.331 e. The molecule has 0 amide bonds. The fourth-order valence-electron chi connectivity index (χ4n) is 4.26. The quantitative estimate of drug-likeness (QED) is 0.163. The minimum Gasteiger partial charge on any atom is -0.478 e. The largest absolute Gasteiger partial charge is 0.478 e. The minimum absolute atomic E-state index is 0.111. The summed E-state index contributed by atoms with van der Waals surface area (Å²) in [6.45, 7) is 4.37. The van der Waals surface area contributed by atoms with Crippen LogP contribution in [-0.4, -0.2) is 26.0 Å². The number of rotatable bonds is 9. The molecule has 2 heterocycles.